The maximum Gasteiger partial charge on any atom is 0.289 e. The first-order chi connectivity index (χ1) is 15.7. The molecule has 2 aromatic carbocycles. The van der Waals surface area contributed by atoms with E-state index in [9.17, 15) is 4.79 Å². The van der Waals surface area contributed by atoms with E-state index in [2.05, 4.69) is 17.0 Å². The van der Waals surface area contributed by atoms with E-state index < -0.39 is 0 Å². The molecule has 0 spiro atoms. The molecule has 0 radical (unpaired) electrons. The Balaban J connectivity index is 1.36. The summed E-state index contributed by atoms with van der Waals surface area (Å²) in [6.45, 7) is 2.91. The first-order valence-corrected chi connectivity index (χ1v) is 10.4. The van der Waals surface area contributed by atoms with Gasteiger partial charge in [-0.05, 0) is 55.0 Å². The standard InChI is InChI=1S/C25H22N4O3/c26-16-19-6-8-21(9-7-19)28-12-3-13-29(15-14-28)25(30)24-11-10-22(32-24)18-31-23-5-2-1-4-20(23)17-27/h1-2,4-11H,3,12-15,18H2. The number of ether oxygens (including phenoxy) is 1. The van der Waals surface area contributed by atoms with Crippen molar-refractivity contribution in [2.45, 2.75) is 13.0 Å². The summed E-state index contributed by atoms with van der Waals surface area (Å²) >= 11 is 0. The predicted octanol–water partition coefficient (Wildman–Crippen LogP) is 3.95. The fourth-order valence-electron chi connectivity index (χ4n) is 3.69. The highest BCUT2D eigenvalue weighted by atomic mass is 16.5. The zero-order chi connectivity index (χ0) is 22.3. The van der Waals surface area contributed by atoms with Crippen LogP contribution in [0.2, 0.25) is 0 Å². The SMILES string of the molecule is N#Cc1ccc(N2CCCN(C(=O)c3ccc(COc4ccccc4C#N)o3)CC2)cc1. The van der Waals surface area contributed by atoms with Gasteiger partial charge in [0.25, 0.3) is 5.91 Å². The minimum atomic E-state index is -0.143. The molecule has 0 unspecified atom stereocenters. The van der Waals surface area contributed by atoms with Crippen molar-refractivity contribution in [3.63, 3.8) is 0 Å². The number of anilines is 1. The van der Waals surface area contributed by atoms with Crippen LogP contribution in [0.15, 0.2) is 65.1 Å². The maximum atomic E-state index is 13.0. The summed E-state index contributed by atoms with van der Waals surface area (Å²) in [5.74, 6) is 1.14. The molecular formula is C25H22N4O3. The Kier molecular flexibility index (Phi) is 6.38. The molecule has 1 saturated heterocycles. The lowest BCUT2D eigenvalue weighted by Gasteiger charge is -2.23. The Labute approximate surface area is 186 Å². The highest BCUT2D eigenvalue weighted by molar-refractivity contribution is 5.91. The molecule has 1 aliphatic heterocycles. The normalized spacial score (nSPS) is 13.7. The number of hydrogen-bond acceptors (Lipinski definition) is 6. The van der Waals surface area contributed by atoms with Crippen LogP contribution in [0.1, 0.15) is 33.9 Å². The van der Waals surface area contributed by atoms with E-state index in [1.165, 1.54) is 0 Å². The molecule has 1 amide bonds. The van der Waals surface area contributed by atoms with Gasteiger partial charge in [0.2, 0.25) is 0 Å². The minimum absolute atomic E-state index is 0.137. The summed E-state index contributed by atoms with van der Waals surface area (Å²) in [5.41, 5.74) is 2.13. The Morgan fingerprint density at radius 1 is 0.938 bits per heavy atom. The van der Waals surface area contributed by atoms with Gasteiger partial charge in [0.05, 0.1) is 17.2 Å². The van der Waals surface area contributed by atoms with Crippen LogP contribution in [0.4, 0.5) is 5.69 Å². The average Bonchev–Trinajstić information content (AvgIpc) is 3.18. The third kappa shape index (κ3) is 4.74. The highest BCUT2D eigenvalue weighted by Crippen LogP contribution is 2.21. The molecule has 160 valence electrons. The fourth-order valence-corrected chi connectivity index (χ4v) is 3.69. The Morgan fingerprint density at radius 3 is 2.53 bits per heavy atom. The molecule has 0 aliphatic carbocycles. The number of benzene rings is 2. The third-order valence-electron chi connectivity index (χ3n) is 5.39. The Hall–Kier alpha value is -4.23. The van der Waals surface area contributed by atoms with E-state index >= 15 is 0 Å². The van der Waals surface area contributed by atoms with Gasteiger partial charge in [-0.25, -0.2) is 0 Å². The molecule has 32 heavy (non-hydrogen) atoms. The average molecular weight is 426 g/mol. The van der Waals surface area contributed by atoms with Crippen molar-refractivity contribution in [1.82, 2.24) is 4.90 Å². The number of nitriles is 2. The maximum absolute atomic E-state index is 13.0. The minimum Gasteiger partial charge on any atom is -0.484 e. The van der Waals surface area contributed by atoms with E-state index in [0.717, 1.165) is 18.7 Å². The lowest BCUT2D eigenvalue weighted by atomic mass is 10.2. The van der Waals surface area contributed by atoms with Crippen LogP contribution >= 0.6 is 0 Å². The van der Waals surface area contributed by atoms with Gasteiger partial charge >= 0.3 is 0 Å². The van der Waals surface area contributed by atoms with Gasteiger partial charge in [-0.3, -0.25) is 4.79 Å². The van der Waals surface area contributed by atoms with E-state index in [4.69, 9.17) is 19.7 Å². The van der Waals surface area contributed by atoms with Crippen LogP contribution in [0.25, 0.3) is 0 Å². The number of furan rings is 1. The quantitative estimate of drug-likeness (QED) is 0.613. The van der Waals surface area contributed by atoms with E-state index in [1.807, 2.05) is 24.3 Å². The Morgan fingerprint density at radius 2 is 1.75 bits per heavy atom. The molecule has 3 aromatic rings. The van der Waals surface area contributed by atoms with Crippen molar-refractivity contribution >= 4 is 11.6 Å². The number of carbonyl (C=O) groups is 1. The second kappa shape index (κ2) is 9.72. The third-order valence-corrected chi connectivity index (χ3v) is 5.39. The summed E-state index contributed by atoms with van der Waals surface area (Å²) in [7, 11) is 0. The van der Waals surface area contributed by atoms with Crippen LogP contribution in [-0.4, -0.2) is 37.0 Å². The smallest absolute Gasteiger partial charge is 0.289 e. The number of hydrogen-bond donors (Lipinski definition) is 0. The van der Waals surface area contributed by atoms with Gasteiger partial charge in [0.15, 0.2) is 5.76 Å². The first-order valence-electron chi connectivity index (χ1n) is 10.4. The van der Waals surface area contributed by atoms with Crippen molar-refractivity contribution in [3.8, 4) is 17.9 Å². The number of nitrogens with zero attached hydrogens (tertiary/aromatic N) is 4. The van der Waals surface area contributed by atoms with Crippen LogP contribution in [0.3, 0.4) is 0 Å². The molecule has 1 fully saturated rings. The Bertz CT molecular complexity index is 1170. The zero-order valence-electron chi connectivity index (χ0n) is 17.5. The van der Waals surface area contributed by atoms with E-state index in [1.54, 1.807) is 41.3 Å². The molecule has 1 aliphatic rings. The summed E-state index contributed by atoms with van der Waals surface area (Å²) in [5, 5.41) is 18.1. The van der Waals surface area contributed by atoms with Gasteiger partial charge in [-0.15, -0.1) is 0 Å². The molecule has 7 nitrogen and oxygen atoms in total. The molecule has 2 heterocycles. The van der Waals surface area contributed by atoms with Gasteiger partial charge in [-0.1, -0.05) is 12.1 Å². The monoisotopic (exact) mass is 426 g/mol. The van der Waals surface area contributed by atoms with Crippen LogP contribution < -0.4 is 9.64 Å². The van der Waals surface area contributed by atoms with Crippen LogP contribution in [-0.2, 0) is 6.61 Å². The van der Waals surface area contributed by atoms with Crippen LogP contribution in [0, 0.1) is 22.7 Å². The second-order valence-electron chi connectivity index (χ2n) is 7.45. The zero-order valence-corrected chi connectivity index (χ0v) is 17.5. The molecule has 0 saturated carbocycles. The molecule has 1 aromatic heterocycles. The summed E-state index contributed by atoms with van der Waals surface area (Å²) in [6, 6.07) is 22.1. The first kappa shape index (κ1) is 21.0. The molecule has 0 N–H and O–H groups in total. The van der Waals surface area contributed by atoms with Gasteiger partial charge in [0.1, 0.15) is 24.2 Å². The molecule has 0 atom stereocenters. The summed E-state index contributed by atoms with van der Waals surface area (Å²) in [6.07, 6.45) is 0.841. The molecular weight excluding hydrogens is 404 g/mol. The van der Waals surface area contributed by atoms with Crippen molar-refractivity contribution in [2.24, 2.45) is 0 Å². The van der Waals surface area contributed by atoms with Crippen LogP contribution in [0.5, 0.6) is 5.75 Å². The number of amides is 1. The number of para-hydroxylation sites is 1. The summed E-state index contributed by atoms with van der Waals surface area (Å²) < 4.78 is 11.4. The van der Waals surface area contributed by atoms with E-state index in [0.29, 0.717) is 42.3 Å². The lowest BCUT2D eigenvalue weighted by molar-refractivity contribution is 0.0731. The van der Waals surface area contributed by atoms with E-state index in [-0.39, 0.29) is 18.3 Å². The van der Waals surface area contributed by atoms with Crippen molar-refractivity contribution in [1.29, 1.82) is 10.5 Å². The summed E-state index contributed by atoms with van der Waals surface area (Å²) in [4.78, 5) is 17.0. The molecule has 4 rings (SSSR count). The number of carbonyl (C=O) groups excluding carboxylic acids is 1. The van der Waals surface area contributed by atoms with Crippen molar-refractivity contribution in [2.75, 3.05) is 31.1 Å². The fraction of sp³-hybridized carbons (Fsp3) is 0.240. The number of rotatable bonds is 5. The van der Waals surface area contributed by atoms with Gasteiger partial charge in [-0.2, -0.15) is 10.5 Å². The van der Waals surface area contributed by atoms with Crippen molar-refractivity contribution < 1.29 is 13.9 Å². The highest BCUT2D eigenvalue weighted by Gasteiger charge is 2.23. The predicted molar refractivity (Wildman–Crippen MR) is 118 cm³/mol. The molecule has 0 bridgehead atoms. The topological polar surface area (TPSA) is 93.5 Å². The van der Waals surface area contributed by atoms with Gasteiger partial charge in [0, 0.05) is 31.9 Å². The second-order valence-corrected chi connectivity index (χ2v) is 7.45. The largest absolute Gasteiger partial charge is 0.484 e. The van der Waals surface area contributed by atoms with Gasteiger partial charge < -0.3 is 19.0 Å². The molecule has 7 heteroatoms. The lowest BCUT2D eigenvalue weighted by Crippen LogP contribution is -2.35. The van der Waals surface area contributed by atoms with Crippen molar-refractivity contribution in [3.05, 3.63) is 83.3 Å².